The molecule has 0 amide bonds. The largest absolute Gasteiger partial charge is 0.465 e. The molecule has 0 aliphatic heterocycles. The number of carbonyl (C=O) groups excluding carboxylic acids is 1. The summed E-state index contributed by atoms with van der Waals surface area (Å²) in [5.41, 5.74) is 3.71. The molecular weight excluding hydrogens is 282 g/mol. The number of methoxy groups -OCH3 is 1. The van der Waals surface area contributed by atoms with Crippen LogP contribution in [0.5, 0.6) is 0 Å². The molecule has 2 aromatic heterocycles. The van der Waals surface area contributed by atoms with Crippen LogP contribution in [0.4, 0.5) is 10.8 Å². The summed E-state index contributed by atoms with van der Waals surface area (Å²) in [6, 6.07) is 5.89. The van der Waals surface area contributed by atoms with Crippen molar-refractivity contribution in [1.82, 2.24) is 9.97 Å². The topological polar surface area (TPSA) is 64.1 Å². The van der Waals surface area contributed by atoms with Gasteiger partial charge < -0.3 is 10.1 Å². The lowest BCUT2D eigenvalue weighted by Gasteiger charge is -2.01. The zero-order chi connectivity index (χ0) is 13.2. The molecule has 0 aliphatic rings. The summed E-state index contributed by atoms with van der Waals surface area (Å²) in [6.07, 6.45) is 1.50. The minimum atomic E-state index is -0.372. The lowest BCUT2D eigenvalue weighted by Crippen LogP contribution is -1.96. The molecule has 7 heteroatoms. The van der Waals surface area contributed by atoms with E-state index in [4.69, 9.17) is 0 Å². The van der Waals surface area contributed by atoms with Gasteiger partial charge in [0.05, 0.1) is 29.0 Å². The highest BCUT2D eigenvalue weighted by molar-refractivity contribution is 7.17. The Morgan fingerprint density at radius 3 is 3.11 bits per heavy atom. The Labute approximate surface area is 116 Å². The third kappa shape index (κ3) is 2.42. The molecule has 0 aliphatic carbocycles. The molecule has 0 saturated heterocycles. The average molecular weight is 291 g/mol. The Bertz CT molecular complexity index is 735. The highest BCUT2D eigenvalue weighted by Gasteiger charge is 2.10. The molecule has 0 atom stereocenters. The van der Waals surface area contributed by atoms with E-state index in [2.05, 4.69) is 20.0 Å². The van der Waals surface area contributed by atoms with Crippen LogP contribution in [-0.2, 0) is 4.74 Å². The Balaban J connectivity index is 1.83. The van der Waals surface area contributed by atoms with E-state index in [1.807, 2.05) is 23.7 Å². The molecule has 5 nitrogen and oxygen atoms in total. The Hall–Kier alpha value is -1.99. The summed E-state index contributed by atoms with van der Waals surface area (Å²) in [5, 5.41) is 3.82. The van der Waals surface area contributed by atoms with Gasteiger partial charge in [0, 0.05) is 5.69 Å². The number of rotatable bonds is 3. The minimum Gasteiger partial charge on any atom is -0.465 e. The van der Waals surface area contributed by atoms with Crippen LogP contribution < -0.4 is 5.32 Å². The SMILES string of the molecule is COC(=O)c1cnc(Nc2ccc3ncsc3c2)s1. The number of benzene rings is 1. The Morgan fingerprint density at radius 1 is 1.37 bits per heavy atom. The molecule has 96 valence electrons. The van der Waals surface area contributed by atoms with E-state index in [-0.39, 0.29) is 5.97 Å². The monoisotopic (exact) mass is 291 g/mol. The van der Waals surface area contributed by atoms with E-state index in [1.54, 1.807) is 11.3 Å². The van der Waals surface area contributed by atoms with Gasteiger partial charge in [-0.05, 0) is 18.2 Å². The quantitative estimate of drug-likeness (QED) is 0.750. The highest BCUT2D eigenvalue weighted by atomic mass is 32.1. The van der Waals surface area contributed by atoms with Gasteiger partial charge in [0.2, 0.25) is 0 Å². The lowest BCUT2D eigenvalue weighted by atomic mass is 10.3. The third-order valence-electron chi connectivity index (χ3n) is 2.47. The van der Waals surface area contributed by atoms with Gasteiger partial charge in [-0.1, -0.05) is 11.3 Å². The van der Waals surface area contributed by atoms with Gasteiger partial charge in [0.1, 0.15) is 4.88 Å². The first-order valence-corrected chi connectivity index (χ1v) is 7.10. The van der Waals surface area contributed by atoms with E-state index in [0.29, 0.717) is 10.0 Å². The molecule has 2 heterocycles. The highest BCUT2D eigenvalue weighted by Crippen LogP contribution is 2.26. The molecule has 0 bridgehead atoms. The Morgan fingerprint density at radius 2 is 2.26 bits per heavy atom. The van der Waals surface area contributed by atoms with Gasteiger partial charge in [0.25, 0.3) is 0 Å². The fourth-order valence-corrected chi connectivity index (χ4v) is 3.05. The maximum atomic E-state index is 11.3. The van der Waals surface area contributed by atoms with Crippen molar-refractivity contribution in [3.63, 3.8) is 0 Å². The molecule has 1 N–H and O–H groups in total. The fourth-order valence-electron chi connectivity index (χ4n) is 1.58. The summed E-state index contributed by atoms with van der Waals surface area (Å²) in [7, 11) is 1.35. The smallest absolute Gasteiger partial charge is 0.349 e. The van der Waals surface area contributed by atoms with Crippen LogP contribution in [0, 0.1) is 0 Å². The van der Waals surface area contributed by atoms with Gasteiger partial charge in [-0.15, -0.1) is 11.3 Å². The van der Waals surface area contributed by atoms with Crippen molar-refractivity contribution in [2.75, 3.05) is 12.4 Å². The van der Waals surface area contributed by atoms with Crippen LogP contribution in [0.1, 0.15) is 9.67 Å². The zero-order valence-corrected chi connectivity index (χ0v) is 11.5. The molecule has 3 rings (SSSR count). The van der Waals surface area contributed by atoms with Crippen LogP contribution >= 0.6 is 22.7 Å². The lowest BCUT2D eigenvalue weighted by molar-refractivity contribution is 0.0606. The number of hydrogen-bond acceptors (Lipinski definition) is 7. The van der Waals surface area contributed by atoms with E-state index in [0.717, 1.165) is 15.9 Å². The first-order chi connectivity index (χ1) is 9.26. The number of aromatic nitrogens is 2. The maximum Gasteiger partial charge on any atom is 0.349 e. The number of nitrogens with one attached hydrogen (secondary N) is 1. The molecule has 3 aromatic rings. The van der Waals surface area contributed by atoms with Crippen LogP contribution in [0.15, 0.2) is 29.9 Å². The van der Waals surface area contributed by atoms with E-state index < -0.39 is 0 Å². The van der Waals surface area contributed by atoms with E-state index in [1.165, 1.54) is 24.6 Å². The molecular formula is C12H9N3O2S2. The van der Waals surface area contributed by atoms with Crippen molar-refractivity contribution in [1.29, 1.82) is 0 Å². The van der Waals surface area contributed by atoms with Crippen LogP contribution in [0.3, 0.4) is 0 Å². The number of hydrogen-bond donors (Lipinski definition) is 1. The number of thiazole rings is 2. The summed E-state index contributed by atoms with van der Waals surface area (Å²) in [5.74, 6) is -0.372. The fraction of sp³-hybridized carbons (Fsp3) is 0.0833. The first kappa shape index (κ1) is 12.1. The zero-order valence-electron chi connectivity index (χ0n) is 9.91. The van der Waals surface area contributed by atoms with Crippen molar-refractivity contribution in [3.05, 3.63) is 34.8 Å². The molecule has 1 aromatic carbocycles. The summed E-state index contributed by atoms with van der Waals surface area (Å²) in [4.78, 5) is 20.2. The number of nitrogens with zero attached hydrogens (tertiary/aromatic N) is 2. The van der Waals surface area contributed by atoms with Crippen molar-refractivity contribution in [2.24, 2.45) is 0 Å². The van der Waals surface area contributed by atoms with Crippen molar-refractivity contribution >= 4 is 49.7 Å². The molecule has 0 spiro atoms. The van der Waals surface area contributed by atoms with Crippen LogP contribution in [0.2, 0.25) is 0 Å². The van der Waals surface area contributed by atoms with Crippen LogP contribution in [0.25, 0.3) is 10.2 Å². The maximum absolute atomic E-state index is 11.3. The second-order valence-electron chi connectivity index (χ2n) is 3.68. The first-order valence-electron chi connectivity index (χ1n) is 5.40. The van der Waals surface area contributed by atoms with Gasteiger partial charge in [0.15, 0.2) is 5.13 Å². The number of carbonyl (C=O) groups is 1. The van der Waals surface area contributed by atoms with Crippen molar-refractivity contribution in [3.8, 4) is 0 Å². The molecule has 0 fully saturated rings. The van der Waals surface area contributed by atoms with Gasteiger partial charge in [-0.3, -0.25) is 0 Å². The average Bonchev–Trinajstić information content (AvgIpc) is 3.06. The standard InChI is InChI=1S/C12H9N3O2S2/c1-17-11(16)10-5-13-12(19-10)15-7-2-3-8-9(4-7)18-6-14-8/h2-6H,1H3,(H,13,15). The summed E-state index contributed by atoms with van der Waals surface area (Å²) >= 11 is 2.84. The van der Waals surface area contributed by atoms with Crippen LogP contribution in [-0.4, -0.2) is 23.0 Å². The van der Waals surface area contributed by atoms with Gasteiger partial charge in [-0.25, -0.2) is 14.8 Å². The predicted molar refractivity (Wildman–Crippen MR) is 76.4 cm³/mol. The van der Waals surface area contributed by atoms with Crippen molar-refractivity contribution < 1.29 is 9.53 Å². The molecule has 0 unspecified atom stereocenters. The normalized spacial score (nSPS) is 10.6. The second kappa shape index (κ2) is 4.94. The molecule has 0 radical (unpaired) electrons. The predicted octanol–water partition coefficient (Wildman–Crippen LogP) is 3.28. The number of ether oxygens (including phenoxy) is 1. The van der Waals surface area contributed by atoms with Crippen molar-refractivity contribution in [2.45, 2.75) is 0 Å². The number of fused-ring (bicyclic) bond motifs is 1. The molecule has 0 saturated carbocycles. The Kier molecular flexibility index (Phi) is 3.14. The summed E-state index contributed by atoms with van der Waals surface area (Å²) < 4.78 is 5.75. The molecule has 19 heavy (non-hydrogen) atoms. The van der Waals surface area contributed by atoms with Gasteiger partial charge >= 0.3 is 5.97 Å². The minimum absolute atomic E-state index is 0.372. The second-order valence-corrected chi connectivity index (χ2v) is 5.60. The van der Waals surface area contributed by atoms with E-state index >= 15 is 0 Å². The van der Waals surface area contributed by atoms with E-state index in [9.17, 15) is 4.79 Å². The number of esters is 1. The van der Waals surface area contributed by atoms with Gasteiger partial charge in [-0.2, -0.15) is 0 Å². The third-order valence-corrected chi connectivity index (χ3v) is 4.16. The summed E-state index contributed by atoms with van der Waals surface area (Å²) in [6.45, 7) is 0. The number of anilines is 2.